The van der Waals surface area contributed by atoms with Crippen LogP contribution in [0.3, 0.4) is 0 Å². The molecule has 24 heavy (non-hydrogen) atoms. The average molecular weight is 388 g/mol. The van der Waals surface area contributed by atoms with Crippen molar-refractivity contribution in [2.75, 3.05) is 18.0 Å². The number of aryl methyl sites for hydroxylation is 1. The molecule has 0 saturated carbocycles. The zero-order valence-corrected chi connectivity index (χ0v) is 15.3. The van der Waals surface area contributed by atoms with Gasteiger partial charge < -0.3 is 4.74 Å². The number of sulfonamides is 1. The van der Waals surface area contributed by atoms with E-state index in [2.05, 4.69) is 4.74 Å². The molecule has 0 radical (unpaired) electrons. The third-order valence-corrected chi connectivity index (χ3v) is 5.59. The predicted octanol–water partition coefficient (Wildman–Crippen LogP) is 3.67. The fourth-order valence-corrected chi connectivity index (χ4v) is 3.94. The molecule has 0 heterocycles. The normalized spacial score (nSPS) is 11.2. The lowest BCUT2D eigenvalue weighted by molar-refractivity contribution is -0.138. The number of esters is 1. The van der Waals surface area contributed by atoms with E-state index in [0.717, 1.165) is 4.31 Å². The second kappa shape index (κ2) is 7.42. The molecule has 2 rings (SSSR count). The first-order valence-corrected chi connectivity index (χ1v) is 9.06. The summed E-state index contributed by atoms with van der Waals surface area (Å²) in [5.74, 6) is -0.679. The maximum atomic E-state index is 13.0. The number of carbonyl (C=O) groups excluding carboxylic acids is 1. The van der Waals surface area contributed by atoms with Crippen LogP contribution in [0.15, 0.2) is 47.4 Å². The molecule has 0 spiro atoms. The fraction of sp³-hybridized carbons (Fsp3) is 0.188. The summed E-state index contributed by atoms with van der Waals surface area (Å²) in [7, 11) is -2.78. The van der Waals surface area contributed by atoms with E-state index < -0.39 is 22.5 Å². The number of anilines is 1. The van der Waals surface area contributed by atoms with Gasteiger partial charge in [-0.2, -0.15) is 0 Å². The van der Waals surface area contributed by atoms with Crippen molar-refractivity contribution in [3.63, 3.8) is 0 Å². The Hall–Kier alpha value is -1.76. The summed E-state index contributed by atoms with van der Waals surface area (Å²) in [5, 5.41) is 0.884. The van der Waals surface area contributed by atoms with Gasteiger partial charge in [0.05, 0.1) is 17.7 Å². The van der Waals surface area contributed by atoms with E-state index in [1.807, 2.05) is 0 Å². The van der Waals surface area contributed by atoms with Gasteiger partial charge in [-0.3, -0.25) is 9.10 Å². The van der Waals surface area contributed by atoms with Crippen molar-refractivity contribution >= 4 is 44.9 Å². The van der Waals surface area contributed by atoms with Gasteiger partial charge in [0.2, 0.25) is 0 Å². The standard InChI is InChI=1S/C16H15Cl2NO4S/c1-11-9-13(18)5-8-15(11)19(10-16(20)23-2)24(21,22)14-6-3-12(17)4-7-14/h3-9H,10H2,1-2H3. The summed E-state index contributed by atoms with van der Waals surface area (Å²) in [6.07, 6.45) is 0. The Balaban J connectivity index is 2.57. The average Bonchev–Trinajstić information content (AvgIpc) is 2.53. The maximum Gasteiger partial charge on any atom is 0.326 e. The van der Waals surface area contributed by atoms with Crippen LogP contribution >= 0.6 is 23.2 Å². The van der Waals surface area contributed by atoms with Gasteiger partial charge in [0.25, 0.3) is 10.0 Å². The number of carbonyl (C=O) groups is 1. The minimum atomic E-state index is -3.98. The van der Waals surface area contributed by atoms with Crippen LogP contribution in [0.5, 0.6) is 0 Å². The molecule has 5 nitrogen and oxygen atoms in total. The highest BCUT2D eigenvalue weighted by Crippen LogP contribution is 2.29. The number of halogens is 2. The summed E-state index contributed by atoms with van der Waals surface area (Å²) < 4.78 is 31.6. The molecule has 0 fully saturated rings. The van der Waals surface area contributed by atoms with Crippen LogP contribution in [0.4, 0.5) is 5.69 Å². The molecule has 0 N–H and O–H groups in total. The Bertz CT molecular complexity index is 851. The van der Waals surface area contributed by atoms with Crippen molar-refractivity contribution < 1.29 is 17.9 Å². The quantitative estimate of drug-likeness (QED) is 0.734. The minimum Gasteiger partial charge on any atom is -0.468 e. The maximum absolute atomic E-state index is 13.0. The monoisotopic (exact) mass is 387 g/mol. The molecule has 0 saturated heterocycles. The minimum absolute atomic E-state index is 0.0187. The molecule has 0 aliphatic heterocycles. The van der Waals surface area contributed by atoms with E-state index in [9.17, 15) is 13.2 Å². The summed E-state index contributed by atoms with van der Waals surface area (Å²) in [5.41, 5.74) is 0.962. The second-order valence-corrected chi connectivity index (χ2v) is 7.71. The molecule has 0 amide bonds. The van der Waals surface area contributed by atoms with E-state index in [1.54, 1.807) is 25.1 Å². The van der Waals surface area contributed by atoms with Gasteiger partial charge >= 0.3 is 5.97 Å². The van der Waals surface area contributed by atoms with Gasteiger partial charge in [0, 0.05) is 10.0 Å². The number of ether oxygens (including phenoxy) is 1. The van der Waals surface area contributed by atoms with Gasteiger partial charge in [-0.05, 0) is 55.0 Å². The summed E-state index contributed by atoms with van der Waals surface area (Å²) in [6, 6.07) is 10.4. The molecule has 2 aromatic rings. The lowest BCUT2D eigenvalue weighted by atomic mass is 10.2. The van der Waals surface area contributed by atoms with Crippen molar-refractivity contribution in [1.82, 2.24) is 0 Å². The van der Waals surface area contributed by atoms with Crippen molar-refractivity contribution in [2.24, 2.45) is 0 Å². The van der Waals surface area contributed by atoms with E-state index in [4.69, 9.17) is 23.2 Å². The van der Waals surface area contributed by atoms with E-state index in [1.165, 1.54) is 31.4 Å². The van der Waals surface area contributed by atoms with Crippen LogP contribution in [0, 0.1) is 6.92 Å². The molecule has 0 bridgehead atoms. The molecule has 128 valence electrons. The second-order valence-electron chi connectivity index (χ2n) is 4.97. The number of methoxy groups -OCH3 is 1. The van der Waals surface area contributed by atoms with Gasteiger partial charge in [-0.1, -0.05) is 23.2 Å². The van der Waals surface area contributed by atoms with Crippen LogP contribution in [0.1, 0.15) is 5.56 Å². The molecular formula is C16H15Cl2NO4S. The van der Waals surface area contributed by atoms with Crippen LogP contribution in [0.25, 0.3) is 0 Å². The highest BCUT2D eigenvalue weighted by atomic mass is 35.5. The van der Waals surface area contributed by atoms with Crippen molar-refractivity contribution in [1.29, 1.82) is 0 Å². The van der Waals surface area contributed by atoms with E-state index >= 15 is 0 Å². The van der Waals surface area contributed by atoms with Gasteiger partial charge in [-0.25, -0.2) is 8.42 Å². The molecule has 8 heteroatoms. The number of rotatable bonds is 5. The Kier molecular flexibility index (Phi) is 5.74. The van der Waals surface area contributed by atoms with Crippen molar-refractivity contribution in [2.45, 2.75) is 11.8 Å². The molecule has 0 aliphatic rings. The smallest absolute Gasteiger partial charge is 0.326 e. The van der Waals surface area contributed by atoms with Gasteiger partial charge in [-0.15, -0.1) is 0 Å². The highest BCUT2D eigenvalue weighted by Gasteiger charge is 2.28. The Morgan fingerprint density at radius 3 is 2.21 bits per heavy atom. The van der Waals surface area contributed by atoms with Crippen LogP contribution in [-0.4, -0.2) is 28.0 Å². The Labute approximate surface area is 150 Å². The molecule has 0 unspecified atom stereocenters. The fourth-order valence-electron chi connectivity index (χ4n) is 2.11. The largest absolute Gasteiger partial charge is 0.468 e. The molecule has 0 atom stereocenters. The molecule has 2 aromatic carbocycles. The lowest BCUT2D eigenvalue weighted by Crippen LogP contribution is -2.36. The third-order valence-electron chi connectivity index (χ3n) is 3.33. The van der Waals surface area contributed by atoms with Crippen LogP contribution in [-0.2, 0) is 19.6 Å². The summed E-state index contributed by atoms with van der Waals surface area (Å²) >= 11 is 11.7. The van der Waals surface area contributed by atoms with Crippen molar-refractivity contribution in [3.8, 4) is 0 Å². The van der Waals surface area contributed by atoms with Gasteiger partial charge in [0.1, 0.15) is 6.54 Å². The van der Waals surface area contributed by atoms with E-state index in [0.29, 0.717) is 21.3 Å². The third kappa shape index (κ3) is 4.01. The summed E-state index contributed by atoms with van der Waals surface area (Å²) in [6.45, 7) is 1.26. The van der Waals surface area contributed by atoms with Gasteiger partial charge in [0.15, 0.2) is 0 Å². The number of hydrogen-bond donors (Lipinski definition) is 0. The van der Waals surface area contributed by atoms with Crippen molar-refractivity contribution in [3.05, 3.63) is 58.1 Å². The zero-order valence-electron chi connectivity index (χ0n) is 13.0. The number of hydrogen-bond acceptors (Lipinski definition) is 4. The molecular weight excluding hydrogens is 373 g/mol. The molecule has 0 aliphatic carbocycles. The summed E-state index contributed by atoms with van der Waals surface area (Å²) in [4.78, 5) is 11.7. The first-order chi connectivity index (χ1) is 11.3. The Morgan fingerprint density at radius 2 is 1.67 bits per heavy atom. The topological polar surface area (TPSA) is 63.7 Å². The predicted molar refractivity (Wildman–Crippen MR) is 94.2 cm³/mol. The lowest BCUT2D eigenvalue weighted by Gasteiger charge is -2.25. The SMILES string of the molecule is COC(=O)CN(c1ccc(Cl)cc1C)S(=O)(=O)c1ccc(Cl)cc1. The molecule has 0 aromatic heterocycles. The van der Waals surface area contributed by atoms with Crippen LogP contribution < -0.4 is 4.31 Å². The van der Waals surface area contributed by atoms with E-state index in [-0.39, 0.29) is 4.90 Å². The first-order valence-electron chi connectivity index (χ1n) is 6.87. The number of benzene rings is 2. The first kappa shape index (κ1) is 18.6. The Morgan fingerprint density at radius 1 is 1.08 bits per heavy atom. The van der Waals surface area contributed by atoms with Crippen LogP contribution in [0.2, 0.25) is 10.0 Å². The highest BCUT2D eigenvalue weighted by molar-refractivity contribution is 7.92. The number of nitrogens with zero attached hydrogens (tertiary/aromatic N) is 1. The zero-order chi connectivity index (χ0) is 17.9.